The Kier molecular flexibility index (Phi) is 59.3. The molecule has 25 heteroatoms. The van der Waals surface area contributed by atoms with Crippen LogP contribution in [0.5, 0.6) is 0 Å². The predicted molar refractivity (Wildman–Crippen MR) is 564 cm³/mol. The van der Waals surface area contributed by atoms with E-state index in [2.05, 4.69) is 148 Å². The number of aliphatic hydroxyl groups excluding tert-OH is 2. The van der Waals surface area contributed by atoms with Gasteiger partial charge in [0.2, 0.25) is 0 Å². The first-order chi connectivity index (χ1) is 69.5. The molecular formula is C124H93F3Ir6N9O5PtS-9. The maximum absolute atomic E-state index is 12.3. The molecule has 0 saturated carbocycles. The quantitative estimate of drug-likeness (QED) is 0.0664. The second kappa shape index (κ2) is 70.3. The molecule has 22 rings (SSSR count). The summed E-state index contributed by atoms with van der Waals surface area (Å²) in [5, 5.41) is 23.5. The summed E-state index contributed by atoms with van der Waals surface area (Å²) in [7, 11) is 0. The summed E-state index contributed by atoms with van der Waals surface area (Å²) in [4.78, 5) is 59.6. The van der Waals surface area contributed by atoms with Gasteiger partial charge in [-0.25, -0.2) is 11.3 Å². The van der Waals surface area contributed by atoms with Gasteiger partial charge < -0.3 is 54.5 Å². The molecule has 0 aliphatic carbocycles. The van der Waals surface area contributed by atoms with E-state index >= 15 is 0 Å². The molecule has 0 fully saturated rings. The fourth-order valence-electron chi connectivity index (χ4n) is 13.2. The number of fused-ring (bicyclic) bond motifs is 3. The van der Waals surface area contributed by atoms with Crippen molar-refractivity contribution in [1.82, 2.24) is 44.9 Å². The number of rotatable bonds is 12. The van der Waals surface area contributed by atoms with Gasteiger partial charge in [0.05, 0.1) is 17.0 Å². The summed E-state index contributed by atoms with van der Waals surface area (Å²) < 4.78 is 42.5. The van der Waals surface area contributed by atoms with Crippen LogP contribution in [0.4, 0.5) is 13.2 Å². The maximum atomic E-state index is 12.3. The molecule has 2 N–H and O–H groups in total. The molecule has 0 atom stereocenters. The molecule has 6 radical (unpaired) electrons. The van der Waals surface area contributed by atoms with Crippen molar-refractivity contribution in [2.24, 2.45) is 0 Å². The second-order valence-corrected chi connectivity index (χ2v) is 31.1. The third kappa shape index (κ3) is 43.6. The topological polar surface area (TPSA) is 204 Å². The molecule has 0 aliphatic rings. The van der Waals surface area contributed by atoms with E-state index in [1.165, 1.54) is 78.6 Å². The number of alkyl halides is 3. The first-order valence-electron chi connectivity index (χ1n) is 44.7. The van der Waals surface area contributed by atoms with Gasteiger partial charge in [0.25, 0.3) is 0 Å². The number of hydrogen-bond acceptors (Lipinski definition) is 15. The Morgan fingerprint density at radius 2 is 0.651 bits per heavy atom. The van der Waals surface area contributed by atoms with Gasteiger partial charge in [-0.2, -0.15) is 25.3 Å². The summed E-state index contributed by atoms with van der Waals surface area (Å²) in [6.45, 7) is 5.70. The van der Waals surface area contributed by atoms with Crippen molar-refractivity contribution in [3.8, 4) is 112 Å². The molecule has 0 unspecified atom stereocenters. The van der Waals surface area contributed by atoms with Crippen molar-refractivity contribution in [3.63, 3.8) is 0 Å². The number of allylic oxidation sites excluding steroid dienone is 4. The zero-order valence-electron chi connectivity index (χ0n) is 80.1. The van der Waals surface area contributed by atoms with Gasteiger partial charge in [-0.1, -0.05) is 174 Å². The Bertz CT molecular complexity index is 6990. The molecule has 12 aromatic carbocycles. The van der Waals surface area contributed by atoms with Crippen molar-refractivity contribution in [2.45, 2.75) is 33.9 Å². The number of nitrogens with zero attached hydrogens (tertiary/aromatic N) is 9. The van der Waals surface area contributed by atoms with E-state index in [1.54, 1.807) is 66.7 Å². The molecule has 10 heterocycles. The second-order valence-electron chi connectivity index (χ2n) is 30.2. The molecule has 0 spiro atoms. The number of ketones is 2. The standard InChI is InChI=1S/C17H12N.2C15H10N.C13H8NO.C12H7F3N.3C11H8N.C9H6NS.2C5H8O2.6Ir.Pt/c1-2-7-14(8-3-1)15-9-6-10-16(13-15)17-11-4-5-12-18-17;2*1-2-7-13(8-3-1)15-14-9-5-4-6-12(14)10-11-16-15;1-2-6-10(7-3-1)13-14-11-8-4-5-9-12(11)15-13;13-12(14,15)10-6-4-9(5-7-10)11-3-1-2-8-16-11;3*1-2-6-10(7-3-1)11-8-4-5-9-12-11;1-2-6-10-8(4-1)9-5-3-7-11-9;2*1-4(6)3-5(2)7;;;;;;;/h1-9,11-13H;2*1-7,9-11H;1-6,8-9H;1-4,6-8H;3*1-6,8-9H;1-4,6-7H;2*3,6H,1-2H3;;;;;;;/q9*-1;;;;;;;;;. The normalized spacial score (nSPS) is 9.93. The number of para-hydroxylation sites is 2. The number of aromatic nitrogens is 9. The van der Waals surface area contributed by atoms with Crippen LogP contribution in [0.15, 0.2) is 496 Å². The van der Waals surface area contributed by atoms with Crippen LogP contribution in [0.1, 0.15) is 33.3 Å². The molecule has 0 aliphatic heterocycles. The van der Waals surface area contributed by atoms with Gasteiger partial charge >= 0.3 is 6.18 Å². The van der Waals surface area contributed by atoms with Crippen LogP contribution in [0.25, 0.3) is 145 Å². The number of hydrogen-bond donors (Lipinski definition) is 2. The van der Waals surface area contributed by atoms with Gasteiger partial charge in [0.1, 0.15) is 11.5 Å². The number of oxazole rings is 1. The third-order valence-electron chi connectivity index (χ3n) is 19.6. The SMILES string of the molecule is CC(=O)C=C(C)O.CC(=O)C=C(C)O.FC(F)(F)c1c[c-]c(-c2ccccn2)cc1.[Ir].[Ir].[Ir].[Ir].[Ir].[Ir].[Pt].[c-]1ccc(-c2ccccc2)cc1-c1ccccn1.[c-]1ccccc1-c1ccccn1.[c-]1ccccc1-c1ccccn1.[c-]1ccccc1-c1ccccn1.[c-]1ccccc1-c1nc2ccccc2o1.[c-]1ccccc1-c1nccc2ccccc12.[c-]1ccccc1-c1nccc2ccccc12.[c-]1ccsc1-c1ccccn1. The van der Waals surface area contributed by atoms with Crippen LogP contribution >= 0.6 is 11.3 Å². The summed E-state index contributed by atoms with van der Waals surface area (Å²) >= 11 is 1.66. The van der Waals surface area contributed by atoms with Crippen LogP contribution in [-0.2, 0) is 157 Å². The molecular weight excluding hydrogens is 3130 g/mol. The van der Waals surface area contributed by atoms with Gasteiger partial charge in [0.15, 0.2) is 11.6 Å². The zero-order valence-corrected chi connectivity index (χ0v) is 97.6. The molecule has 14 nitrogen and oxygen atoms in total. The first kappa shape index (κ1) is 126. The Morgan fingerprint density at radius 3 is 0.987 bits per heavy atom. The van der Waals surface area contributed by atoms with Crippen molar-refractivity contribution in [3.05, 3.63) is 551 Å². The van der Waals surface area contributed by atoms with Crippen LogP contribution in [0.2, 0.25) is 0 Å². The summed E-state index contributed by atoms with van der Waals surface area (Å²) in [6.07, 6.45) is 12.3. The minimum atomic E-state index is -4.32. The van der Waals surface area contributed by atoms with Gasteiger partial charge in [-0.3, -0.25) is 14.6 Å². The van der Waals surface area contributed by atoms with Crippen molar-refractivity contribution in [1.29, 1.82) is 0 Å². The van der Waals surface area contributed by atoms with Crippen molar-refractivity contribution < 1.29 is 179 Å². The summed E-state index contributed by atoms with van der Waals surface area (Å²) in [6, 6.07) is 160. The molecule has 22 aromatic rings. The minimum Gasteiger partial charge on any atom is -0.512 e. The first-order valence-corrected chi connectivity index (χ1v) is 45.5. The Morgan fingerprint density at radius 1 is 0.309 bits per heavy atom. The molecule has 10 aromatic heterocycles. The van der Waals surface area contributed by atoms with E-state index < -0.39 is 11.7 Å². The van der Waals surface area contributed by atoms with E-state index in [4.69, 9.17) is 14.6 Å². The monoisotopic (exact) mass is 3230 g/mol. The minimum absolute atomic E-state index is 0. The van der Waals surface area contributed by atoms with Gasteiger partial charge in [0, 0.05) is 203 Å². The van der Waals surface area contributed by atoms with E-state index in [1.807, 2.05) is 345 Å². The van der Waals surface area contributed by atoms with E-state index in [0.29, 0.717) is 17.1 Å². The van der Waals surface area contributed by atoms with Crippen LogP contribution in [0.3, 0.4) is 0 Å². The summed E-state index contributed by atoms with van der Waals surface area (Å²) in [5.74, 6) is 0.497. The fourth-order valence-corrected chi connectivity index (χ4v) is 13.8. The van der Waals surface area contributed by atoms with E-state index in [0.717, 1.165) is 107 Å². The molecule has 149 heavy (non-hydrogen) atoms. The van der Waals surface area contributed by atoms with Crippen LogP contribution in [-0.4, -0.2) is 66.6 Å². The maximum Gasteiger partial charge on any atom is 0.381 e. The number of aliphatic hydroxyl groups is 2. The summed E-state index contributed by atoms with van der Waals surface area (Å²) in [5.41, 5.74) is 18.5. The number of thiophene rings is 1. The predicted octanol–water partition coefficient (Wildman–Crippen LogP) is 30.8. The number of pyridine rings is 8. The average Bonchev–Trinajstić information content (AvgIpc) is 1.79. The third-order valence-corrected chi connectivity index (χ3v) is 20.4. The van der Waals surface area contributed by atoms with Crippen molar-refractivity contribution in [2.75, 3.05) is 0 Å². The van der Waals surface area contributed by atoms with Crippen LogP contribution < -0.4 is 0 Å². The smallest absolute Gasteiger partial charge is 0.381 e. The Labute approximate surface area is 966 Å². The molecule has 0 saturated heterocycles. The fraction of sp³-hybridized carbons (Fsp3) is 0.0403. The number of carbonyl (C=O) groups excluding carboxylic acids is 2. The largest absolute Gasteiger partial charge is 0.512 e. The van der Waals surface area contributed by atoms with Crippen LogP contribution in [0, 0.1) is 54.6 Å². The van der Waals surface area contributed by atoms with Crippen molar-refractivity contribution >= 4 is 55.5 Å². The average molecular weight is 3230 g/mol. The Balaban J connectivity index is 0.000000289. The molecule has 0 amide bonds. The number of benzene rings is 12. The number of halogens is 3. The van der Waals surface area contributed by atoms with Gasteiger partial charge in [-0.15, -0.1) is 280 Å². The van der Waals surface area contributed by atoms with E-state index in [9.17, 15) is 22.8 Å². The van der Waals surface area contributed by atoms with Gasteiger partial charge in [-0.05, 0) is 167 Å². The molecule has 0 bridgehead atoms. The Hall–Kier alpha value is -13.7. The van der Waals surface area contributed by atoms with E-state index in [-0.39, 0.29) is 165 Å². The molecule has 764 valence electrons. The number of carbonyl (C=O) groups is 2. The zero-order chi connectivity index (χ0) is 99.4.